The van der Waals surface area contributed by atoms with Crippen LogP contribution >= 0.6 is 0 Å². The lowest BCUT2D eigenvalue weighted by Gasteiger charge is -2.23. The number of hydrogen-bond donors (Lipinski definition) is 1. The maximum Gasteiger partial charge on any atom is 0.239 e. The van der Waals surface area contributed by atoms with Crippen molar-refractivity contribution >= 4 is 5.91 Å². The second kappa shape index (κ2) is 8.60. The van der Waals surface area contributed by atoms with Gasteiger partial charge in [-0.3, -0.25) is 4.79 Å². The van der Waals surface area contributed by atoms with E-state index in [9.17, 15) is 4.79 Å². The number of likely N-dealkylation sites (N-methyl/N-ethyl adjacent to an activating group) is 1. The van der Waals surface area contributed by atoms with Crippen LogP contribution in [0.1, 0.15) is 34.1 Å². The van der Waals surface area contributed by atoms with Crippen molar-refractivity contribution in [3.8, 4) is 0 Å². The molecular weight excluding hydrogens is 254 g/mol. The SMILES string of the molecule is CCN(CC)CCOC1CCN(C(=O)[C@@H](N)C(C)C)C1. The Labute approximate surface area is 123 Å². The lowest BCUT2D eigenvalue weighted by molar-refractivity contribution is -0.133. The van der Waals surface area contributed by atoms with E-state index >= 15 is 0 Å². The van der Waals surface area contributed by atoms with Gasteiger partial charge in [-0.25, -0.2) is 0 Å². The Hall–Kier alpha value is -0.650. The van der Waals surface area contributed by atoms with Gasteiger partial charge in [-0.15, -0.1) is 0 Å². The van der Waals surface area contributed by atoms with Crippen LogP contribution in [0.25, 0.3) is 0 Å². The van der Waals surface area contributed by atoms with Gasteiger partial charge >= 0.3 is 0 Å². The number of carbonyl (C=O) groups is 1. The second-order valence-corrected chi connectivity index (χ2v) is 5.86. The molecule has 0 saturated carbocycles. The van der Waals surface area contributed by atoms with E-state index in [0.717, 1.165) is 39.2 Å². The van der Waals surface area contributed by atoms with E-state index < -0.39 is 0 Å². The van der Waals surface area contributed by atoms with E-state index in [1.54, 1.807) is 0 Å². The minimum absolute atomic E-state index is 0.0647. The van der Waals surface area contributed by atoms with Gasteiger partial charge in [-0.05, 0) is 25.4 Å². The van der Waals surface area contributed by atoms with Crippen LogP contribution in [-0.2, 0) is 9.53 Å². The molecule has 2 N–H and O–H groups in total. The van der Waals surface area contributed by atoms with Crippen LogP contribution in [0.5, 0.6) is 0 Å². The number of amides is 1. The predicted molar refractivity (Wildman–Crippen MR) is 81.5 cm³/mol. The first-order valence-corrected chi connectivity index (χ1v) is 7.87. The van der Waals surface area contributed by atoms with Crippen LogP contribution in [0, 0.1) is 5.92 Å². The largest absolute Gasteiger partial charge is 0.375 e. The molecule has 1 rings (SSSR count). The van der Waals surface area contributed by atoms with E-state index in [1.807, 2.05) is 18.7 Å². The summed E-state index contributed by atoms with van der Waals surface area (Å²) >= 11 is 0. The van der Waals surface area contributed by atoms with Crippen molar-refractivity contribution in [1.29, 1.82) is 0 Å². The summed E-state index contributed by atoms with van der Waals surface area (Å²) in [6.45, 7) is 13.6. The van der Waals surface area contributed by atoms with E-state index in [0.29, 0.717) is 6.54 Å². The standard InChI is InChI=1S/C15H31N3O2/c1-5-17(6-2)9-10-20-13-7-8-18(11-13)15(19)14(16)12(3)4/h12-14H,5-11,16H2,1-4H3/t13?,14-/m0/s1. The third-order valence-corrected chi connectivity index (χ3v) is 4.12. The molecule has 0 aromatic heterocycles. The Morgan fingerprint density at radius 3 is 2.60 bits per heavy atom. The molecule has 1 heterocycles. The topological polar surface area (TPSA) is 58.8 Å². The highest BCUT2D eigenvalue weighted by atomic mass is 16.5. The van der Waals surface area contributed by atoms with Gasteiger partial charge in [0.2, 0.25) is 5.91 Å². The Balaban J connectivity index is 2.28. The summed E-state index contributed by atoms with van der Waals surface area (Å²) < 4.78 is 5.88. The van der Waals surface area contributed by atoms with Crippen molar-refractivity contribution in [2.75, 3.05) is 39.3 Å². The highest BCUT2D eigenvalue weighted by Gasteiger charge is 2.30. The summed E-state index contributed by atoms with van der Waals surface area (Å²) in [6.07, 6.45) is 1.10. The van der Waals surface area contributed by atoms with Gasteiger partial charge in [0, 0.05) is 19.6 Å². The van der Waals surface area contributed by atoms with Crippen molar-refractivity contribution in [3.63, 3.8) is 0 Å². The van der Waals surface area contributed by atoms with E-state index in [2.05, 4.69) is 18.7 Å². The van der Waals surface area contributed by atoms with Crippen molar-refractivity contribution in [2.24, 2.45) is 11.7 Å². The van der Waals surface area contributed by atoms with Crippen LogP contribution < -0.4 is 5.73 Å². The zero-order valence-electron chi connectivity index (χ0n) is 13.5. The van der Waals surface area contributed by atoms with Crippen molar-refractivity contribution in [2.45, 2.75) is 46.3 Å². The summed E-state index contributed by atoms with van der Waals surface area (Å²) in [5, 5.41) is 0. The molecule has 118 valence electrons. The van der Waals surface area contributed by atoms with Crippen molar-refractivity contribution < 1.29 is 9.53 Å². The maximum absolute atomic E-state index is 12.1. The van der Waals surface area contributed by atoms with Gasteiger partial charge in [0.15, 0.2) is 0 Å². The molecule has 5 heteroatoms. The number of carbonyl (C=O) groups excluding carboxylic acids is 1. The molecule has 20 heavy (non-hydrogen) atoms. The van der Waals surface area contributed by atoms with Gasteiger partial charge in [-0.1, -0.05) is 27.7 Å². The Morgan fingerprint density at radius 1 is 1.40 bits per heavy atom. The summed E-state index contributed by atoms with van der Waals surface area (Å²) in [4.78, 5) is 16.3. The molecule has 1 aliphatic rings. The Morgan fingerprint density at radius 2 is 2.05 bits per heavy atom. The highest BCUT2D eigenvalue weighted by Crippen LogP contribution is 2.15. The molecule has 1 aliphatic heterocycles. The second-order valence-electron chi connectivity index (χ2n) is 5.86. The fourth-order valence-corrected chi connectivity index (χ4v) is 2.45. The Bertz CT molecular complexity index is 293. The Kier molecular flexibility index (Phi) is 7.48. The van der Waals surface area contributed by atoms with E-state index in [-0.39, 0.29) is 24.0 Å². The fraction of sp³-hybridized carbons (Fsp3) is 0.933. The molecule has 1 amide bonds. The quantitative estimate of drug-likeness (QED) is 0.721. The lowest BCUT2D eigenvalue weighted by Crippen LogP contribution is -2.46. The molecule has 1 unspecified atom stereocenters. The molecule has 0 bridgehead atoms. The minimum Gasteiger partial charge on any atom is -0.375 e. The molecule has 0 radical (unpaired) electrons. The third-order valence-electron chi connectivity index (χ3n) is 4.12. The molecular formula is C15H31N3O2. The zero-order valence-corrected chi connectivity index (χ0v) is 13.5. The van der Waals surface area contributed by atoms with Crippen molar-refractivity contribution in [1.82, 2.24) is 9.80 Å². The smallest absolute Gasteiger partial charge is 0.239 e. The first kappa shape index (κ1) is 17.4. The fourth-order valence-electron chi connectivity index (χ4n) is 2.45. The lowest BCUT2D eigenvalue weighted by atomic mass is 10.0. The van der Waals surface area contributed by atoms with Gasteiger partial charge in [-0.2, -0.15) is 0 Å². The molecule has 0 aromatic rings. The average molecular weight is 285 g/mol. The number of nitrogens with zero attached hydrogens (tertiary/aromatic N) is 2. The normalized spacial score (nSPS) is 20.9. The number of nitrogens with two attached hydrogens (primary N) is 1. The van der Waals surface area contributed by atoms with E-state index in [4.69, 9.17) is 10.5 Å². The van der Waals surface area contributed by atoms with E-state index in [1.165, 1.54) is 0 Å². The summed E-state index contributed by atoms with van der Waals surface area (Å²) in [5.74, 6) is 0.250. The van der Waals surface area contributed by atoms with Gasteiger partial charge in [0.05, 0.1) is 18.8 Å². The number of rotatable bonds is 8. The van der Waals surface area contributed by atoms with Crippen molar-refractivity contribution in [3.05, 3.63) is 0 Å². The van der Waals surface area contributed by atoms with Crippen LogP contribution in [0.4, 0.5) is 0 Å². The molecule has 1 saturated heterocycles. The van der Waals surface area contributed by atoms with Crippen LogP contribution in [-0.4, -0.2) is 67.2 Å². The zero-order chi connectivity index (χ0) is 15.1. The monoisotopic (exact) mass is 285 g/mol. The summed E-state index contributed by atoms with van der Waals surface area (Å²) in [7, 11) is 0. The molecule has 0 aromatic carbocycles. The minimum atomic E-state index is -0.385. The van der Waals surface area contributed by atoms with Crippen LogP contribution in [0.15, 0.2) is 0 Å². The summed E-state index contributed by atoms with van der Waals surface area (Å²) in [6, 6.07) is -0.385. The molecule has 1 fully saturated rings. The molecule has 0 aliphatic carbocycles. The van der Waals surface area contributed by atoms with Gasteiger partial charge in [0.1, 0.15) is 0 Å². The van der Waals surface area contributed by atoms with Crippen LogP contribution in [0.2, 0.25) is 0 Å². The number of hydrogen-bond acceptors (Lipinski definition) is 4. The number of ether oxygens (including phenoxy) is 1. The van der Waals surface area contributed by atoms with Gasteiger partial charge in [0.25, 0.3) is 0 Å². The molecule has 5 nitrogen and oxygen atoms in total. The summed E-state index contributed by atoms with van der Waals surface area (Å²) in [5.41, 5.74) is 5.92. The molecule has 2 atom stereocenters. The molecule has 0 spiro atoms. The average Bonchev–Trinajstić information content (AvgIpc) is 2.90. The maximum atomic E-state index is 12.1. The highest BCUT2D eigenvalue weighted by molar-refractivity contribution is 5.82. The van der Waals surface area contributed by atoms with Gasteiger partial charge < -0.3 is 20.3 Å². The first-order chi connectivity index (χ1) is 9.49. The van der Waals surface area contributed by atoms with Crippen LogP contribution in [0.3, 0.4) is 0 Å². The predicted octanol–water partition coefficient (Wildman–Crippen LogP) is 0.929. The first-order valence-electron chi connectivity index (χ1n) is 7.87. The third kappa shape index (κ3) is 5.04. The number of likely N-dealkylation sites (tertiary alicyclic amines) is 1.